The SMILES string of the molecule is O=C(Nn1cnc2ccccc21)c1cnc2sccn2c1=O. The molecule has 3 aromatic heterocycles. The molecule has 22 heavy (non-hydrogen) atoms. The monoisotopic (exact) mass is 311 g/mol. The topological polar surface area (TPSA) is 81.3 Å². The molecule has 3 heterocycles. The van der Waals surface area contributed by atoms with Crippen LogP contribution < -0.4 is 11.0 Å². The molecule has 108 valence electrons. The lowest BCUT2D eigenvalue weighted by Crippen LogP contribution is -2.29. The summed E-state index contributed by atoms with van der Waals surface area (Å²) in [5.74, 6) is -0.527. The van der Waals surface area contributed by atoms with Crippen LogP contribution in [0.25, 0.3) is 16.0 Å². The van der Waals surface area contributed by atoms with Gasteiger partial charge in [-0.05, 0) is 12.1 Å². The van der Waals surface area contributed by atoms with E-state index in [2.05, 4.69) is 15.4 Å². The number of nitrogens with one attached hydrogen (secondary N) is 1. The Morgan fingerprint density at radius 1 is 1.23 bits per heavy atom. The molecule has 0 atom stereocenters. The minimum atomic E-state index is -0.527. The highest BCUT2D eigenvalue weighted by Crippen LogP contribution is 2.10. The number of para-hydroxylation sites is 2. The number of rotatable bonds is 2. The molecule has 0 spiro atoms. The van der Waals surface area contributed by atoms with Crippen LogP contribution in [0.1, 0.15) is 10.4 Å². The van der Waals surface area contributed by atoms with Gasteiger partial charge in [-0.1, -0.05) is 12.1 Å². The van der Waals surface area contributed by atoms with Crippen molar-refractivity contribution >= 4 is 33.2 Å². The van der Waals surface area contributed by atoms with Crippen LogP contribution >= 0.6 is 11.3 Å². The van der Waals surface area contributed by atoms with Gasteiger partial charge in [-0.15, -0.1) is 11.3 Å². The molecule has 0 radical (unpaired) electrons. The molecule has 7 nitrogen and oxygen atoms in total. The van der Waals surface area contributed by atoms with E-state index in [1.807, 2.05) is 24.3 Å². The number of nitrogens with zero attached hydrogens (tertiary/aromatic N) is 4. The third kappa shape index (κ3) is 1.89. The molecule has 0 saturated heterocycles. The largest absolute Gasteiger partial charge is 0.277 e. The van der Waals surface area contributed by atoms with Crippen LogP contribution in [0.15, 0.2) is 53.2 Å². The van der Waals surface area contributed by atoms with E-state index in [1.54, 1.807) is 11.6 Å². The maximum absolute atomic E-state index is 12.3. The Kier molecular flexibility index (Phi) is 2.76. The number of hydrogen-bond donors (Lipinski definition) is 1. The standard InChI is InChI=1S/C14H9N5O2S/c20-12(9-7-15-14-18(13(9)21)5-6-22-14)17-19-8-16-10-3-1-2-4-11(10)19/h1-8H,(H,17,20). The normalized spacial score (nSPS) is 11.1. The summed E-state index contributed by atoms with van der Waals surface area (Å²) in [4.78, 5) is 33.4. The predicted octanol–water partition coefficient (Wildman–Crippen LogP) is 1.49. The van der Waals surface area contributed by atoms with Crippen LogP contribution in [0.3, 0.4) is 0 Å². The summed E-state index contributed by atoms with van der Waals surface area (Å²) in [5.41, 5.74) is 3.74. The first-order valence-corrected chi connectivity index (χ1v) is 7.30. The van der Waals surface area contributed by atoms with Crippen LogP contribution in [0, 0.1) is 0 Å². The fourth-order valence-corrected chi connectivity index (χ4v) is 2.87. The second-order valence-electron chi connectivity index (χ2n) is 4.58. The number of carbonyl (C=O) groups is 1. The van der Waals surface area contributed by atoms with Gasteiger partial charge in [0.1, 0.15) is 11.9 Å². The molecular weight excluding hydrogens is 302 g/mol. The Labute approximate surface area is 127 Å². The highest BCUT2D eigenvalue weighted by atomic mass is 32.1. The molecule has 0 aliphatic rings. The van der Waals surface area contributed by atoms with E-state index in [0.29, 0.717) is 4.96 Å². The third-order valence-corrected chi connectivity index (χ3v) is 4.03. The maximum atomic E-state index is 12.3. The number of thiazole rings is 1. The first-order valence-electron chi connectivity index (χ1n) is 6.42. The second kappa shape index (κ2) is 4.78. The Bertz CT molecular complexity index is 1060. The van der Waals surface area contributed by atoms with Crippen molar-refractivity contribution < 1.29 is 4.79 Å². The van der Waals surface area contributed by atoms with Gasteiger partial charge in [0.05, 0.1) is 11.0 Å². The van der Waals surface area contributed by atoms with Crippen LogP contribution in [-0.4, -0.2) is 25.0 Å². The lowest BCUT2D eigenvalue weighted by Gasteiger charge is -2.06. The molecule has 4 aromatic rings. The fourth-order valence-electron chi connectivity index (χ4n) is 2.20. The molecule has 0 aliphatic heterocycles. The fraction of sp³-hybridized carbons (Fsp3) is 0. The molecule has 0 fully saturated rings. The zero-order chi connectivity index (χ0) is 15.1. The van der Waals surface area contributed by atoms with Gasteiger partial charge < -0.3 is 0 Å². The molecule has 0 unspecified atom stereocenters. The van der Waals surface area contributed by atoms with Crippen LogP contribution in [-0.2, 0) is 0 Å². The number of carbonyl (C=O) groups excluding carboxylic acids is 1. The van der Waals surface area contributed by atoms with Gasteiger partial charge in [0.2, 0.25) is 0 Å². The minimum absolute atomic E-state index is 0.0197. The van der Waals surface area contributed by atoms with Crippen molar-refractivity contribution in [3.05, 3.63) is 64.3 Å². The van der Waals surface area contributed by atoms with Crippen molar-refractivity contribution in [2.75, 3.05) is 5.43 Å². The molecule has 0 bridgehead atoms. The lowest BCUT2D eigenvalue weighted by molar-refractivity contribution is 0.101. The summed E-state index contributed by atoms with van der Waals surface area (Å²) < 4.78 is 2.84. The Hall–Kier alpha value is -3.00. The Morgan fingerprint density at radius 2 is 2.09 bits per heavy atom. The molecule has 1 aromatic carbocycles. The number of aromatic nitrogens is 4. The van der Waals surface area contributed by atoms with Crippen molar-refractivity contribution in [2.45, 2.75) is 0 Å². The highest BCUT2D eigenvalue weighted by Gasteiger charge is 2.15. The Balaban J connectivity index is 1.74. The van der Waals surface area contributed by atoms with Gasteiger partial charge in [0.15, 0.2) is 4.96 Å². The molecule has 1 N–H and O–H groups in total. The summed E-state index contributed by atoms with van der Waals surface area (Å²) in [6, 6.07) is 7.38. The summed E-state index contributed by atoms with van der Waals surface area (Å²) in [7, 11) is 0. The zero-order valence-corrected chi connectivity index (χ0v) is 11.9. The first-order chi connectivity index (χ1) is 10.7. The highest BCUT2D eigenvalue weighted by molar-refractivity contribution is 7.15. The smallest absolute Gasteiger partial charge is 0.268 e. The van der Waals surface area contributed by atoms with E-state index in [-0.39, 0.29) is 5.56 Å². The quantitative estimate of drug-likeness (QED) is 0.608. The van der Waals surface area contributed by atoms with Crippen LogP contribution in [0.2, 0.25) is 0 Å². The number of benzene rings is 1. The Morgan fingerprint density at radius 3 is 3.00 bits per heavy atom. The minimum Gasteiger partial charge on any atom is -0.268 e. The van der Waals surface area contributed by atoms with Crippen LogP contribution in [0.4, 0.5) is 0 Å². The van der Waals surface area contributed by atoms with Crippen molar-refractivity contribution in [3.63, 3.8) is 0 Å². The van der Waals surface area contributed by atoms with Crippen molar-refractivity contribution in [3.8, 4) is 0 Å². The lowest BCUT2D eigenvalue weighted by atomic mass is 10.3. The molecule has 8 heteroatoms. The predicted molar refractivity (Wildman–Crippen MR) is 82.8 cm³/mol. The van der Waals surface area contributed by atoms with Crippen molar-refractivity contribution in [2.24, 2.45) is 0 Å². The van der Waals surface area contributed by atoms with Crippen molar-refractivity contribution in [1.29, 1.82) is 0 Å². The summed E-state index contributed by atoms with van der Waals surface area (Å²) in [5, 5.41) is 1.74. The van der Waals surface area contributed by atoms with Gasteiger partial charge >= 0.3 is 0 Å². The van der Waals surface area contributed by atoms with E-state index < -0.39 is 11.5 Å². The first kappa shape index (κ1) is 12.7. The average molecular weight is 311 g/mol. The summed E-state index contributed by atoms with van der Waals surface area (Å²) in [6.45, 7) is 0. The van der Waals surface area contributed by atoms with E-state index in [0.717, 1.165) is 11.0 Å². The van der Waals surface area contributed by atoms with Crippen LogP contribution in [0.5, 0.6) is 0 Å². The van der Waals surface area contributed by atoms with E-state index in [1.165, 1.54) is 32.9 Å². The van der Waals surface area contributed by atoms with Gasteiger partial charge in [0, 0.05) is 17.8 Å². The van der Waals surface area contributed by atoms with E-state index in [9.17, 15) is 9.59 Å². The van der Waals surface area contributed by atoms with E-state index in [4.69, 9.17) is 0 Å². The second-order valence-corrected chi connectivity index (χ2v) is 5.45. The van der Waals surface area contributed by atoms with E-state index >= 15 is 0 Å². The molecule has 4 rings (SSSR count). The number of hydrogen-bond acceptors (Lipinski definition) is 5. The number of amides is 1. The van der Waals surface area contributed by atoms with Gasteiger partial charge in [-0.2, -0.15) is 0 Å². The number of imidazole rings is 1. The molecule has 0 aliphatic carbocycles. The molecule has 0 saturated carbocycles. The maximum Gasteiger partial charge on any atom is 0.277 e. The summed E-state index contributed by atoms with van der Waals surface area (Å²) >= 11 is 1.33. The average Bonchev–Trinajstić information content (AvgIpc) is 3.15. The third-order valence-electron chi connectivity index (χ3n) is 3.26. The summed E-state index contributed by atoms with van der Waals surface area (Å²) in [6.07, 6.45) is 4.39. The zero-order valence-electron chi connectivity index (χ0n) is 11.1. The molecule has 1 amide bonds. The van der Waals surface area contributed by atoms with Gasteiger partial charge in [-0.25, -0.2) is 14.6 Å². The molecular formula is C14H9N5O2S. The number of fused-ring (bicyclic) bond motifs is 2. The van der Waals surface area contributed by atoms with Crippen molar-refractivity contribution in [1.82, 2.24) is 19.0 Å². The van der Waals surface area contributed by atoms with Gasteiger partial charge in [0.25, 0.3) is 11.5 Å². The van der Waals surface area contributed by atoms with Gasteiger partial charge in [-0.3, -0.25) is 19.4 Å².